The van der Waals surface area contributed by atoms with E-state index in [9.17, 15) is 8.42 Å². The number of rotatable bonds is 4. The molecule has 3 heterocycles. The Morgan fingerprint density at radius 2 is 1.64 bits per heavy atom. The summed E-state index contributed by atoms with van der Waals surface area (Å²) in [7, 11) is -1.22. The lowest BCUT2D eigenvalue weighted by Crippen LogP contribution is -2.45. The van der Waals surface area contributed by atoms with Crippen LogP contribution < -0.4 is 4.90 Å². The van der Waals surface area contributed by atoms with Crippen molar-refractivity contribution in [2.45, 2.75) is 18.6 Å². The minimum atomic E-state index is -3.34. The van der Waals surface area contributed by atoms with Crippen LogP contribution in [0.3, 0.4) is 0 Å². The summed E-state index contributed by atoms with van der Waals surface area (Å²) in [5, 5.41) is 8.87. The van der Waals surface area contributed by atoms with Crippen LogP contribution in [0.4, 0.5) is 5.82 Å². The molecule has 2 aromatic rings. The highest BCUT2D eigenvalue weighted by Crippen LogP contribution is 2.22. The van der Waals surface area contributed by atoms with Gasteiger partial charge in [0.15, 0.2) is 5.82 Å². The van der Waals surface area contributed by atoms with Crippen LogP contribution in [-0.4, -0.2) is 74.1 Å². The molecule has 0 radical (unpaired) electrons. The highest BCUT2D eigenvalue weighted by atomic mass is 32.2. The van der Waals surface area contributed by atoms with Crippen LogP contribution in [0.5, 0.6) is 0 Å². The topological polar surface area (TPSA) is 69.6 Å². The molecule has 150 valence electrons. The molecular weight excluding hydrogens is 374 g/mol. The number of benzene rings is 1. The lowest BCUT2D eigenvalue weighted by Gasteiger charge is -2.33. The first-order chi connectivity index (χ1) is 13.5. The maximum atomic E-state index is 12.9. The van der Waals surface area contributed by atoms with E-state index >= 15 is 0 Å². The van der Waals surface area contributed by atoms with E-state index in [1.54, 1.807) is 4.31 Å². The summed E-state index contributed by atoms with van der Waals surface area (Å²) in [5.74, 6) is 0.954. The molecule has 0 atom stereocenters. The lowest BCUT2D eigenvalue weighted by molar-refractivity contribution is 0.311. The van der Waals surface area contributed by atoms with Crippen LogP contribution in [-0.2, 0) is 28.6 Å². The maximum absolute atomic E-state index is 12.9. The number of fused-ring (bicyclic) bond motifs is 1. The summed E-state index contributed by atoms with van der Waals surface area (Å²) in [5.41, 5.74) is 2.87. The molecule has 1 aromatic heterocycles. The Balaban J connectivity index is 1.46. The summed E-state index contributed by atoms with van der Waals surface area (Å²) in [4.78, 5) is 4.57. The molecule has 0 unspecified atom stereocenters. The van der Waals surface area contributed by atoms with Crippen LogP contribution in [0.2, 0.25) is 0 Å². The average molecular weight is 402 g/mol. The number of anilines is 1. The molecule has 0 N–H and O–H groups in total. The number of nitrogens with zero attached hydrogens (tertiary/aromatic N) is 5. The monoisotopic (exact) mass is 401 g/mol. The average Bonchev–Trinajstić information content (AvgIpc) is 2.91. The molecule has 2 aliphatic heterocycles. The fourth-order valence-electron chi connectivity index (χ4n) is 3.80. The SMILES string of the molecule is CN1CCN(c2cc3c(nn2)CCN(S(=O)(=O)Cc2ccccc2)CC3)CC1. The minimum absolute atomic E-state index is 0.0441. The van der Waals surface area contributed by atoms with Gasteiger partial charge in [0, 0.05) is 45.7 Å². The molecule has 0 saturated carbocycles. The first-order valence-electron chi connectivity index (χ1n) is 9.82. The third-order valence-corrected chi connectivity index (χ3v) is 7.44. The van der Waals surface area contributed by atoms with Gasteiger partial charge in [0.25, 0.3) is 0 Å². The molecule has 1 aromatic carbocycles. The van der Waals surface area contributed by atoms with E-state index in [1.807, 2.05) is 30.3 Å². The van der Waals surface area contributed by atoms with Crippen molar-refractivity contribution in [3.05, 3.63) is 53.2 Å². The number of piperazine rings is 1. The summed E-state index contributed by atoms with van der Waals surface area (Å²) >= 11 is 0. The second kappa shape index (κ2) is 8.14. The highest BCUT2D eigenvalue weighted by Gasteiger charge is 2.26. The van der Waals surface area contributed by atoms with E-state index in [0.29, 0.717) is 25.9 Å². The number of hydrogen-bond acceptors (Lipinski definition) is 6. The smallest absolute Gasteiger partial charge is 0.218 e. The van der Waals surface area contributed by atoms with E-state index in [0.717, 1.165) is 48.8 Å². The molecule has 1 fully saturated rings. The zero-order valence-electron chi connectivity index (χ0n) is 16.3. The van der Waals surface area contributed by atoms with Crippen molar-refractivity contribution in [3.63, 3.8) is 0 Å². The second-order valence-electron chi connectivity index (χ2n) is 7.61. The Morgan fingerprint density at radius 1 is 0.929 bits per heavy atom. The zero-order chi connectivity index (χ0) is 19.6. The first kappa shape index (κ1) is 19.3. The standard InChI is InChI=1S/C20H27N5O2S/c1-23-11-13-24(14-12-23)20-15-18-7-9-25(10-8-19(18)21-22-20)28(26,27)16-17-5-3-2-4-6-17/h2-6,15H,7-14,16H2,1H3. The van der Waals surface area contributed by atoms with Crippen molar-refractivity contribution >= 4 is 15.8 Å². The summed E-state index contributed by atoms with van der Waals surface area (Å²) < 4.78 is 27.4. The molecule has 0 amide bonds. The van der Waals surface area contributed by atoms with Gasteiger partial charge in [-0.15, -0.1) is 5.10 Å². The van der Waals surface area contributed by atoms with Gasteiger partial charge in [-0.1, -0.05) is 30.3 Å². The Kier molecular flexibility index (Phi) is 5.61. The van der Waals surface area contributed by atoms with Crippen LogP contribution >= 0.6 is 0 Å². The molecular formula is C20H27N5O2S. The normalized spacial score (nSPS) is 19.2. The molecule has 7 nitrogen and oxygen atoms in total. The zero-order valence-corrected chi connectivity index (χ0v) is 17.1. The molecule has 0 aliphatic carbocycles. The Hall–Kier alpha value is -2.03. The largest absolute Gasteiger partial charge is 0.353 e. The number of aromatic nitrogens is 2. The van der Waals surface area contributed by atoms with Gasteiger partial charge >= 0.3 is 0 Å². The molecule has 0 spiro atoms. The molecule has 28 heavy (non-hydrogen) atoms. The van der Waals surface area contributed by atoms with E-state index in [4.69, 9.17) is 0 Å². The van der Waals surface area contributed by atoms with Crippen molar-refractivity contribution < 1.29 is 8.42 Å². The predicted molar refractivity (Wildman–Crippen MR) is 110 cm³/mol. The van der Waals surface area contributed by atoms with Gasteiger partial charge in [0.1, 0.15) is 0 Å². The van der Waals surface area contributed by atoms with Crippen molar-refractivity contribution in [3.8, 4) is 0 Å². The second-order valence-corrected chi connectivity index (χ2v) is 9.57. The summed E-state index contributed by atoms with van der Waals surface area (Å²) in [6.45, 7) is 4.89. The number of likely N-dealkylation sites (N-methyl/N-ethyl adjacent to an activating group) is 1. The van der Waals surface area contributed by atoms with Gasteiger partial charge in [-0.05, 0) is 30.7 Å². The van der Waals surface area contributed by atoms with Crippen LogP contribution in [0, 0.1) is 0 Å². The molecule has 0 bridgehead atoms. The van der Waals surface area contributed by atoms with Crippen molar-refractivity contribution in [2.75, 3.05) is 51.2 Å². The third-order valence-electron chi connectivity index (χ3n) is 5.59. The fourth-order valence-corrected chi connectivity index (χ4v) is 5.34. The third kappa shape index (κ3) is 4.34. The quantitative estimate of drug-likeness (QED) is 0.766. The van der Waals surface area contributed by atoms with E-state index < -0.39 is 10.0 Å². The van der Waals surface area contributed by atoms with Crippen LogP contribution in [0.1, 0.15) is 16.8 Å². The van der Waals surface area contributed by atoms with Crippen molar-refractivity contribution in [2.24, 2.45) is 0 Å². The van der Waals surface area contributed by atoms with Crippen molar-refractivity contribution in [1.82, 2.24) is 19.4 Å². The van der Waals surface area contributed by atoms with Crippen LogP contribution in [0.15, 0.2) is 36.4 Å². The maximum Gasteiger partial charge on any atom is 0.218 e. The molecule has 2 aliphatic rings. The Morgan fingerprint density at radius 3 is 2.39 bits per heavy atom. The van der Waals surface area contributed by atoms with Gasteiger partial charge in [-0.3, -0.25) is 0 Å². The molecule has 4 rings (SSSR count). The van der Waals surface area contributed by atoms with E-state index in [2.05, 4.69) is 33.1 Å². The van der Waals surface area contributed by atoms with Gasteiger partial charge in [-0.2, -0.15) is 5.10 Å². The van der Waals surface area contributed by atoms with Gasteiger partial charge in [0.05, 0.1) is 11.4 Å². The van der Waals surface area contributed by atoms with Gasteiger partial charge < -0.3 is 9.80 Å². The van der Waals surface area contributed by atoms with Gasteiger partial charge in [-0.25, -0.2) is 12.7 Å². The lowest BCUT2D eigenvalue weighted by atomic mass is 10.1. The van der Waals surface area contributed by atoms with Gasteiger partial charge in [0.2, 0.25) is 10.0 Å². The summed E-state index contributed by atoms with van der Waals surface area (Å²) in [6, 6.07) is 11.5. The number of hydrogen-bond donors (Lipinski definition) is 0. The predicted octanol–water partition coefficient (Wildman–Crippen LogP) is 1.16. The Bertz CT molecular complexity index is 911. The minimum Gasteiger partial charge on any atom is -0.353 e. The van der Waals surface area contributed by atoms with E-state index in [-0.39, 0.29) is 5.75 Å². The molecule has 1 saturated heterocycles. The molecule has 8 heteroatoms. The van der Waals surface area contributed by atoms with Crippen LogP contribution in [0.25, 0.3) is 0 Å². The van der Waals surface area contributed by atoms with E-state index in [1.165, 1.54) is 0 Å². The number of sulfonamides is 1. The first-order valence-corrected chi connectivity index (χ1v) is 11.4. The highest BCUT2D eigenvalue weighted by molar-refractivity contribution is 7.88. The summed E-state index contributed by atoms with van der Waals surface area (Å²) in [6.07, 6.45) is 1.29. The fraction of sp³-hybridized carbons (Fsp3) is 0.500. The van der Waals surface area contributed by atoms with Crippen molar-refractivity contribution in [1.29, 1.82) is 0 Å². The Labute approximate surface area is 167 Å².